The van der Waals surface area contributed by atoms with Gasteiger partial charge in [0.15, 0.2) is 0 Å². The number of carbonyl (C=O) groups excluding carboxylic acids is 2. The summed E-state index contributed by atoms with van der Waals surface area (Å²) in [5, 5.41) is 3.19. The average molecular weight is 577 g/mol. The van der Waals surface area contributed by atoms with E-state index in [1.165, 1.54) is 4.57 Å². The summed E-state index contributed by atoms with van der Waals surface area (Å²) >= 11 is 13.1. The highest BCUT2D eigenvalue weighted by atomic mass is 35.5. The lowest BCUT2D eigenvalue weighted by molar-refractivity contribution is 0.0961. The number of nitrogens with zero attached hydrogens (tertiary/aromatic N) is 3. The number of amides is 2. The van der Waals surface area contributed by atoms with Crippen molar-refractivity contribution in [2.75, 3.05) is 19.1 Å². The standard InChI is InChI=1S/C30H26Cl2N4O4/c1-14(2)35-21(19-10-15(28(37)33-3)6-9-23(19)40-5)12-20-27(35)26-17-8-7-16(31)11-18(17)24-22(36(26)29(20)38)13-34(4)30(39)25(24)32/h6-14,26H,1-5H3,(H,33,37). The monoisotopic (exact) mass is 576 g/mol. The fourth-order valence-corrected chi connectivity index (χ4v) is 6.46. The van der Waals surface area contributed by atoms with Crippen molar-refractivity contribution in [3.8, 4) is 28.1 Å². The third-order valence-electron chi connectivity index (χ3n) is 7.66. The first-order valence-corrected chi connectivity index (χ1v) is 13.5. The topological polar surface area (TPSA) is 85.6 Å². The van der Waals surface area contributed by atoms with Crippen molar-refractivity contribution < 1.29 is 14.3 Å². The van der Waals surface area contributed by atoms with Crippen LogP contribution in [0.2, 0.25) is 10.0 Å². The number of rotatable bonds is 4. The van der Waals surface area contributed by atoms with Gasteiger partial charge >= 0.3 is 0 Å². The van der Waals surface area contributed by atoms with Gasteiger partial charge in [0.1, 0.15) is 16.8 Å². The molecule has 40 heavy (non-hydrogen) atoms. The normalized spacial score (nSPS) is 15.1. The summed E-state index contributed by atoms with van der Waals surface area (Å²) < 4.78 is 9.20. The van der Waals surface area contributed by atoms with Crippen LogP contribution in [0.3, 0.4) is 0 Å². The molecule has 0 bridgehead atoms. The van der Waals surface area contributed by atoms with Crippen molar-refractivity contribution in [1.29, 1.82) is 0 Å². The summed E-state index contributed by atoms with van der Waals surface area (Å²) in [7, 11) is 4.77. The number of pyridine rings is 1. The second kappa shape index (κ2) is 9.28. The van der Waals surface area contributed by atoms with Gasteiger partial charge in [-0.25, -0.2) is 0 Å². The number of ether oxygens (including phenoxy) is 1. The zero-order valence-corrected chi connectivity index (χ0v) is 24.0. The Kier molecular flexibility index (Phi) is 6.09. The summed E-state index contributed by atoms with van der Waals surface area (Å²) in [6, 6.07) is 12.0. The number of nitrogens with one attached hydrogen (secondary N) is 1. The molecule has 0 aliphatic carbocycles. The number of aromatic nitrogens is 2. The Balaban J connectivity index is 1.67. The average Bonchev–Trinajstić information content (AvgIpc) is 3.46. The molecule has 6 rings (SSSR count). The van der Waals surface area contributed by atoms with E-state index in [0.29, 0.717) is 44.3 Å². The van der Waals surface area contributed by atoms with Crippen LogP contribution in [0.15, 0.2) is 53.5 Å². The van der Waals surface area contributed by atoms with E-state index in [4.69, 9.17) is 27.9 Å². The highest BCUT2D eigenvalue weighted by molar-refractivity contribution is 6.35. The molecule has 10 heteroatoms. The number of halogens is 2. The summed E-state index contributed by atoms with van der Waals surface area (Å²) in [6.45, 7) is 4.10. The van der Waals surface area contributed by atoms with Gasteiger partial charge in [-0.15, -0.1) is 0 Å². The molecule has 2 amide bonds. The van der Waals surface area contributed by atoms with E-state index < -0.39 is 6.04 Å². The molecule has 0 spiro atoms. The van der Waals surface area contributed by atoms with E-state index >= 15 is 0 Å². The minimum atomic E-state index is -0.486. The molecule has 2 aromatic carbocycles. The maximum atomic E-state index is 14.2. The van der Waals surface area contributed by atoms with Crippen molar-refractivity contribution in [3.05, 3.63) is 91.4 Å². The Morgan fingerprint density at radius 2 is 1.77 bits per heavy atom. The molecule has 2 aliphatic rings. The van der Waals surface area contributed by atoms with Gasteiger partial charge in [0.05, 0.1) is 29.7 Å². The van der Waals surface area contributed by atoms with Gasteiger partial charge in [-0.05, 0) is 61.4 Å². The predicted octanol–water partition coefficient (Wildman–Crippen LogP) is 5.84. The largest absolute Gasteiger partial charge is 0.496 e. The molecule has 1 unspecified atom stereocenters. The van der Waals surface area contributed by atoms with Crippen molar-refractivity contribution in [2.24, 2.45) is 7.05 Å². The van der Waals surface area contributed by atoms with Gasteiger partial charge < -0.3 is 19.2 Å². The summed E-state index contributed by atoms with van der Waals surface area (Å²) in [5.74, 6) is 0.148. The quantitative estimate of drug-likeness (QED) is 0.330. The van der Waals surface area contributed by atoms with Crippen molar-refractivity contribution in [1.82, 2.24) is 14.5 Å². The van der Waals surface area contributed by atoms with Gasteiger partial charge in [0.25, 0.3) is 17.4 Å². The molecule has 4 heterocycles. The van der Waals surface area contributed by atoms with E-state index in [9.17, 15) is 14.4 Å². The zero-order chi connectivity index (χ0) is 28.6. The maximum absolute atomic E-state index is 14.2. The molecule has 1 N–H and O–H groups in total. The van der Waals surface area contributed by atoms with Crippen LogP contribution in [-0.4, -0.2) is 35.1 Å². The van der Waals surface area contributed by atoms with Gasteiger partial charge in [-0.3, -0.25) is 19.3 Å². The lowest BCUT2D eigenvalue weighted by Crippen LogP contribution is -2.35. The summed E-state index contributed by atoms with van der Waals surface area (Å²) in [6.07, 6.45) is 1.65. The van der Waals surface area contributed by atoms with Crippen LogP contribution in [0, 0.1) is 0 Å². The SMILES string of the molecule is CNC(=O)c1ccc(OC)c(-c2cc3c(n2C(C)C)C2c4ccc(Cl)cc4-c4c(cn(C)c(=O)c4Cl)N2C3=O)c1. The van der Waals surface area contributed by atoms with Gasteiger partial charge in [-0.2, -0.15) is 0 Å². The third-order valence-corrected chi connectivity index (χ3v) is 8.25. The second-order valence-electron chi connectivity index (χ2n) is 10.2. The third kappa shape index (κ3) is 3.56. The molecule has 0 saturated heterocycles. The van der Waals surface area contributed by atoms with Gasteiger partial charge in [-0.1, -0.05) is 29.3 Å². The van der Waals surface area contributed by atoms with Crippen molar-refractivity contribution in [2.45, 2.75) is 25.9 Å². The number of carbonyl (C=O) groups is 2. The second-order valence-corrected chi connectivity index (χ2v) is 11.0. The lowest BCUT2D eigenvalue weighted by atomic mass is 9.88. The fraction of sp³-hybridized carbons (Fsp3) is 0.233. The van der Waals surface area contributed by atoms with E-state index in [1.54, 1.807) is 62.6 Å². The zero-order valence-electron chi connectivity index (χ0n) is 22.5. The Hall–Kier alpha value is -4.01. The van der Waals surface area contributed by atoms with Gasteiger partial charge in [0.2, 0.25) is 0 Å². The van der Waals surface area contributed by atoms with E-state index in [0.717, 1.165) is 17.0 Å². The minimum Gasteiger partial charge on any atom is -0.496 e. The molecule has 4 aromatic rings. The number of fused-ring (bicyclic) bond motifs is 8. The van der Waals surface area contributed by atoms with Crippen LogP contribution < -0.4 is 20.5 Å². The molecule has 8 nitrogen and oxygen atoms in total. The van der Waals surface area contributed by atoms with Crippen LogP contribution in [0.4, 0.5) is 5.69 Å². The lowest BCUT2D eigenvalue weighted by Gasteiger charge is -2.36. The molecular formula is C30H26Cl2N4O4. The highest BCUT2D eigenvalue weighted by Gasteiger charge is 2.48. The molecule has 1 atom stereocenters. The van der Waals surface area contributed by atoms with Gasteiger partial charge in [0, 0.05) is 48.0 Å². The minimum absolute atomic E-state index is 0.0366. The first-order chi connectivity index (χ1) is 19.1. The van der Waals surface area contributed by atoms with E-state index in [1.807, 2.05) is 26.0 Å². The molecule has 0 radical (unpaired) electrons. The fourth-order valence-electron chi connectivity index (χ4n) is 5.95. The number of hydrogen-bond acceptors (Lipinski definition) is 4. The van der Waals surface area contributed by atoms with Crippen LogP contribution >= 0.6 is 23.2 Å². The van der Waals surface area contributed by atoms with Crippen LogP contribution in [-0.2, 0) is 7.05 Å². The van der Waals surface area contributed by atoms with Crippen LogP contribution in [0.5, 0.6) is 5.75 Å². The molecule has 0 saturated carbocycles. The first-order valence-electron chi connectivity index (χ1n) is 12.8. The smallest absolute Gasteiger partial charge is 0.269 e. The van der Waals surface area contributed by atoms with Crippen LogP contribution in [0.25, 0.3) is 22.4 Å². The molecule has 204 valence electrons. The summed E-state index contributed by atoms with van der Waals surface area (Å²) in [5.41, 5.74) is 5.48. The first kappa shape index (κ1) is 26.2. The van der Waals surface area contributed by atoms with Crippen LogP contribution in [0.1, 0.15) is 57.9 Å². The Morgan fingerprint density at radius 1 is 1.02 bits per heavy atom. The molecule has 2 aliphatic heterocycles. The Morgan fingerprint density at radius 3 is 2.45 bits per heavy atom. The van der Waals surface area contributed by atoms with Crippen molar-refractivity contribution in [3.63, 3.8) is 0 Å². The molecule has 0 fully saturated rings. The number of methoxy groups -OCH3 is 1. The Labute approximate surface area is 240 Å². The number of aryl methyl sites for hydroxylation is 1. The Bertz CT molecular complexity index is 1820. The number of hydrogen-bond donors (Lipinski definition) is 1. The number of anilines is 1. The summed E-state index contributed by atoms with van der Waals surface area (Å²) in [4.78, 5) is 41.3. The highest BCUT2D eigenvalue weighted by Crippen LogP contribution is 2.55. The van der Waals surface area contributed by atoms with E-state index in [2.05, 4.69) is 9.88 Å². The van der Waals surface area contributed by atoms with Crippen molar-refractivity contribution >= 4 is 40.7 Å². The number of benzene rings is 2. The van der Waals surface area contributed by atoms with E-state index in [-0.39, 0.29) is 28.4 Å². The maximum Gasteiger partial charge on any atom is 0.269 e. The molecule has 2 aromatic heterocycles. The predicted molar refractivity (Wildman–Crippen MR) is 156 cm³/mol. The molecular weight excluding hydrogens is 551 g/mol.